The van der Waals surface area contributed by atoms with Crippen molar-refractivity contribution in [2.75, 3.05) is 31.1 Å². The van der Waals surface area contributed by atoms with Crippen molar-refractivity contribution >= 4 is 15.8 Å². The Balaban J connectivity index is 1.52. The third kappa shape index (κ3) is 4.24. The van der Waals surface area contributed by atoms with E-state index in [-0.39, 0.29) is 5.56 Å². The summed E-state index contributed by atoms with van der Waals surface area (Å²) in [5, 5.41) is 4.40. The summed E-state index contributed by atoms with van der Waals surface area (Å²) in [5.74, 6) is 0.168. The average molecular weight is 443 g/mol. The smallest absolute Gasteiger partial charge is 0.271 e. The first-order chi connectivity index (χ1) is 14.8. The van der Waals surface area contributed by atoms with E-state index < -0.39 is 15.8 Å². The molecular formula is C22H23FN4O3S. The Morgan fingerprint density at radius 1 is 0.871 bits per heavy atom. The van der Waals surface area contributed by atoms with Crippen LogP contribution in [0.1, 0.15) is 11.1 Å². The minimum Gasteiger partial charge on any atom is -0.353 e. The van der Waals surface area contributed by atoms with Gasteiger partial charge in [0.1, 0.15) is 11.6 Å². The Morgan fingerprint density at radius 2 is 1.55 bits per heavy atom. The first-order valence-electron chi connectivity index (χ1n) is 9.94. The molecule has 1 fully saturated rings. The van der Waals surface area contributed by atoms with Crippen LogP contribution in [0.25, 0.3) is 5.69 Å². The summed E-state index contributed by atoms with van der Waals surface area (Å²) in [4.78, 5) is 14.5. The van der Waals surface area contributed by atoms with Gasteiger partial charge in [-0.3, -0.25) is 4.79 Å². The van der Waals surface area contributed by atoms with E-state index in [1.165, 1.54) is 39.3 Å². The first-order valence-corrected chi connectivity index (χ1v) is 11.4. The van der Waals surface area contributed by atoms with Crippen LogP contribution in [0.4, 0.5) is 10.2 Å². The zero-order valence-corrected chi connectivity index (χ0v) is 18.1. The van der Waals surface area contributed by atoms with Gasteiger partial charge < -0.3 is 4.90 Å². The molecule has 3 aromatic rings. The fourth-order valence-corrected chi connectivity index (χ4v) is 5.03. The first kappa shape index (κ1) is 21.2. The van der Waals surface area contributed by atoms with Gasteiger partial charge in [-0.1, -0.05) is 6.07 Å². The van der Waals surface area contributed by atoms with E-state index in [1.54, 1.807) is 18.2 Å². The Bertz CT molecular complexity index is 1260. The van der Waals surface area contributed by atoms with Gasteiger partial charge in [0.05, 0.1) is 10.6 Å². The maximum Gasteiger partial charge on any atom is 0.271 e. The Morgan fingerprint density at radius 3 is 2.19 bits per heavy atom. The van der Waals surface area contributed by atoms with Crippen molar-refractivity contribution in [1.82, 2.24) is 14.1 Å². The third-order valence-corrected chi connectivity index (χ3v) is 7.43. The van der Waals surface area contributed by atoms with E-state index in [1.807, 2.05) is 24.8 Å². The molecule has 1 aliphatic rings. The monoisotopic (exact) mass is 442 g/mol. The van der Waals surface area contributed by atoms with Crippen LogP contribution >= 0.6 is 0 Å². The second-order valence-corrected chi connectivity index (χ2v) is 9.49. The van der Waals surface area contributed by atoms with E-state index in [0.29, 0.717) is 42.6 Å². The van der Waals surface area contributed by atoms with Crippen LogP contribution in [0.15, 0.2) is 64.3 Å². The van der Waals surface area contributed by atoms with E-state index in [9.17, 15) is 17.6 Å². The number of rotatable bonds is 4. The molecule has 0 aliphatic carbocycles. The summed E-state index contributed by atoms with van der Waals surface area (Å²) in [7, 11) is -3.57. The normalized spacial score (nSPS) is 15.3. The van der Waals surface area contributed by atoms with Gasteiger partial charge >= 0.3 is 0 Å². The predicted octanol–water partition coefficient (Wildman–Crippen LogP) is 2.50. The minimum atomic E-state index is -3.57. The van der Waals surface area contributed by atoms with Gasteiger partial charge in [0.15, 0.2) is 0 Å². The summed E-state index contributed by atoms with van der Waals surface area (Å²) in [6.07, 6.45) is 0. The lowest BCUT2D eigenvalue weighted by Crippen LogP contribution is -2.49. The number of aryl methyl sites for hydroxylation is 2. The molecule has 4 rings (SSSR count). The van der Waals surface area contributed by atoms with Crippen LogP contribution in [0, 0.1) is 19.7 Å². The second kappa shape index (κ2) is 8.24. The van der Waals surface area contributed by atoms with E-state index in [2.05, 4.69) is 5.10 Å². The average Bonchev–Trinajstić information content (AvgIpc) is 2.77. The molecule has 1 saturated heterocycles. The van der Waals surface area contributed by atoms with Crippen LogP contribution in [0.2, 0.25) is 0 Å². The molecule has 2 aromatic carbocycles. The number of sulfonamides is 1. The van der Waals surface area contributed by atoms with Crippen molar-refractivity contribution in [3.8, 4) is 5.69 Å². The lowest BCUT2D eigenvalue weighted by atomic mass is 10.1. The molecule has 0 saturated carbocycles. The SMILES string of the molecule is Cc1ccc(S(=O)(=O)N2CCN(c3ccc(=O)n(-c4ccc(F)cc4)n3)CC2)cc1C. The molecule has 0 N–H and O–H groups in total. The number of hydrogen-bond donors (Lipinski definition) is 0. The van der Waals surface area contributed by atoms with Crippen LogP contribution < -0.4 is 10.5 Å². The molecule has 31 heavy (non-hydrogen) atoms. The number of hydrogen-bond acceptors (Lipinski definition) is 5. The molecule has 7 nitrogen and oxygen atoms in total. The van der Waals surface area contributed by atoms with Crippen molar-refractivity contribution in [2.45, 2.75) is 18.7 Å². The quantitative estimate of drug-likeness (QED) is 0.621. The minimum absolute atomic E-state index is 0.298. The van der Waals surface area contributed by atoms with Crippen molar-refractivity contribution in [3.05, 3.63) is 81.9 Å². The second-order valence-electron chi connectivity index (χ2n) is 7.56. The van der Waals surface area contributed by atoms with Gasteiger partial charge in [-0.25, -0.2) is 12.8 Å². The van der Waals surface area contributed by atoms with Crippen molar-refractivity contribution < 1.29 is 12.8 Å². The lowest BCUT2D eigenvalue weighted by Gasteiger charge is -2.34. The zero-order chi connectivity index (χ0) is 22.2. The van der Waals surface area contributed by atoms with Gasteiger partial charge in [-0.15, -0.1) is 5.10 Å². The Hall–Kier alpha value is -3.04. The predicted molar refractivity (Wildman–Crippen MR) is 117 cm³/mol. The number of piperazine rings is 1. The highest BCUT2D eigenvalue weighted by Gasteiger charge is 2.29. The number of benzene rings is 2. The van der Waals surface area contributed by atoms with Gasteiger partial charge in [-0.2, -0.15) is 8.99 Å². The number of nitrogens with zero attached hydrogens (tertiary/aromatic N) is 4. The molecule has 1 aromatic heterocycles. The molecule has 0 radical (unpaired) electrons. The molecule has 2 heterocycles. The van der Waals surface area contributed by atoms with Gasteiger partial charge in [0.25, 0.3) is 5.56 Å². The highest BCUT2D eigenvalue weighted by atomic mass is 32.2. The summed E-state index contributed by atoms with van der Waals surface area (Å²) in [6, 6.07) is 13.7. The summed E-state index contributed by atoms with van der Waals surface area (Å²) in [5.41, 5.74) is 2.12. The van der Waals surface area contributed by atoms with Gasteiger partial charge in [0.2, 0.25) is 10.0 Å². The van der Waals surface area contributed by atoms with Crippen molar-refractivity contribution in [1.29, 1.82) is 0 Å². The summed E-state index contributed by atoms with van der Waals surface area (Å²) >= 11 is 0. The maximum absolute atomic E-state index is 13.2. The Labute approximate surface area is 180 Å². The maximum atomic E-state index is 13.2. The summed E-state index contributed by atoms with van der Waals surface area (Å²) in [6.45, 7) is 5.35. The molecule has 0 unspecified atom stereocenters. The summed E-state index contributed by atoms with van der Waals surface area (Å²) < 4.78 is 41.9. The highest BCUT2D eigenvalue weighted by Crippen LogP contribution is 2.22. The molecule has 0 spiro atoms. The molecule has 0 bridgehead atoms. The van der Waals surface area contributed by atoms with E-state index in [0.717, 1.165) is 11.1 Å². The van der Waals surface area contributed by atoms with Crippen LogP contribution in [-0.2, 0) is 10.0 Å². The largest absolute Gasteiger partial charge is 0.353 e. The molecule has 0 amide bonds. The van der Waals surface area contributed by atoms with Gasteiger partial charge in [0, 0.05) is 32.2 Å². The molecule has 1 aliphatic heterocycles. The highest BCUT2D eigenvalue weighted by molar-refractivity contribution is 7.89. The Kier molecular flexibility index (Phi) is 5.63. The number of anilines is 1. The molecular weight excluding hydrogens is 419 g/mol. The fraction of sp³-hybridized carbons (Fsp3) is 0.273. The van der Waals surface area contributed by atoms with Crippen LogP contribution in [0.3, 0.4) is 0 Å². The van der Waals surface area contributed by atoms with Crippen LogP contribution in [0.5, 0.6) is 0 Å². The molecule has 162 valence electrons. The van der Waals surface area contributed by atoms with E-state index in [4.69, 9.17) is 0 Å². The molecule has 9 heteroatoms. The fourth-order valence-electron chi connectivity index (χ4n) is 3.52. The lowest BCUT2D eigenvalue weighted by molar-refractivity contribution is 0.383. The van der Waals surface area contributed by atoms with Crippen molar-refractivity contribution in [2.24, 2.45) is 0 Å². The third-order valence-electron chi connectivity index (χ3n) is 5.54. The van der Waals surface area contributed by atoms with Crippen molar-refractivity contribution in [3.63, 3.8) is 0 Å². The van der Waals surface area contributed by atoms with E-state index >= 15 is 0 Å². The number of aromatic nitrogens is 2. The molecule has 0 atom stereocenters. The van der Waals surface area contributed by atoms with Crippen LogP contribution in [-0.4, -0.2) is 48.7 Å². The number of halogens is 1. The topological polar surface area (TPSA) is 75.5 Å². The van der Waals surface area contributed by atoms with Gasteiger partial charge in [-0.05, 0) is 67.4 Å². The standard InChI is InChI=1S/C22H23FN4O3S/c1-16-3-8-20(15-17(16)2)31(29,30)26-13-11-25(12-14-26)21-9-10-22(28)27(24-21)19-6-4-18(23)5-7-19/h3-10,15H,11-14H2,1-2H3. The zero-order valence-electron chi connectivity index (χ0n) is 17.3.